The number of rotatable bonds is 5. The lowest BCUT2D eigenvalue weighted by atomic mass is 9.95. The van der Waals surface area contributed by atoms with Crippen molar-refractivity contribution >= 4 is 45.0 Å². The van der Waals surface area contributed by atoms with E-state index >= 15 is 0 Å². The van der Waals surface area contributed by atoms with E-state index in [-0.39, 0.29) is 18.2 Å². The van der Waals surface area contributed by atoms with Gasteiger partial charge in [-0.2, -0.15) is 0 Å². The molecule has 0 unspecified atom stereocenters. The quantitative estimate of drug-likeness (QED) is 0.688. The first-order valence-electron chi connectivity index (χ1n) is 7.90. The molecular formula is C18H20BrN3O4. The fraction of sp³-hybridized carbons (Fsp3) is 0.278. The first kappa shape index (κ1) is 19.7. The van der Waals surface area contributed by atoms with Gasteiger partial charge in [-0.1, -0.05) is 26.8 Å². The van der Waals surface area contributed by atoms with E-state index in [1.807, 2.05) is 20.8 Å². The van der Waals surface area contributed by atoms with Crippen molar-refractivity contribution in [1.82, 2.24) is 5.32 Å². The van der Waals surface area contributed by atoms with Crippen LogP contribution in [0.4, 0.5) is 11.4 Å². The monoisotopic (exact) mass is 421 g/mol. The predicted octanol–water partition coefficient (Wildman–Crippen LogP) is 3.40. The maximum Gasteiger partial charge on any atom is 0.287 e. The molecule has 0 saturated heterocycles. The molecule has 2 rings (SSSR count). The standard InChI is InChI=1S/C18H20BrN3O4/c1-18(2,3)17(25)22-12-6-4-5-11(9-12)21-15(23)10-20-16(24)13-7-8-14(19)26-13/h4-9H,10H2,1-3H3,(H,20,24)(H,21,23)(H,22,25). The molecule has 0 radical (unpaired) electrons. The zero-order chi connectivity index (χ0) is 19.3. The molecule has 0 bridgehead atoms. The van der Waals surface area contributed by atoms with E-state index < -0.39 is 17.2 Å². The third-order valence-corrected chi connectivity index (χ3v) is 3.72. The highest BCUT2D eigenvalue weighted by molar-refractivity contribution is 9.10. The van der Waals surface area contributed by atoms with Crippen LogP contribution >= 0.6 is 15.9 Å². The van der Waals surface area contributed by atoms with Crippen LogP contribution in [0, 0.1) is 5.41 Å². The minimum absolute atomic E-state index is 0.108. The van der Waals surface area contributed by atoms with E-state index in [1.165, 1.54) is 6.07 Å². The minimum Gasteiger partial charge on any atom is -0.444 e. The van der Waals surface area contributed by atoms with Gasteiger partial charge in [0.25, 0.3) is 5.91 Å². The van der Waals surface area contributed by atoms with E-state index in [1.54, 1.807) is 30.3 Å². The van der Waals surface area contributed by atoms with Gasteiger partial charge in [0.2, 0.25) is 11.8 Å². The summed E-state index contributed by atoms with van der Waals surface area (Å²) in [5.74, 6) is -0.908. The van der Waals surface area contributed by atoms with Crippen molar-refractivity contribution in [2.45, 2.75) is 20.8 Å². The first-order chi connectivity index (χ1) is 12.1. The molecule has 3 amide bonds. The third kappa shape index (κ3) is 5.73. The number of halogens is 1. The molecule has 1 aromatic carbocycles. The van der Waals surface area contributed by atoms with Crippen LogP contribution in [-0.4, -0.2) is 24.3 Å². The van der Waals surface area contributed by atoms with Crippen LogP contribution in [-0.2, 0) is 9.59 Å². The number of hydrogen-bond donors (Lipinski definition) is 3. The van der Waals surface area contributed by atoms with Crippen molar-refractivity contribution in [2.24, 2.45) is 5.41 Å². The van der Waals surface area contributed by atoms with Crippen molar-refractivity contribution in [1.29, 1.82) is 0 Å². The molecule has 3 N–H and O–H groups in total. The Labute approximate surface area is 159 Å². The van der Waals surface area contributed by atoms with Gasteiger partial charge in [-0.15, -0.1) is 0 Å². The molecule has 1 heterocycles. The van der Waals surface area contributed by atoms with Gasteiger partial charge in [0.05, 0.1) is 6.54 Å². The summed E-state index contributed by atoms with van der Waals surface area (Å²) in [6.07, 6.45) is 0. The summed E-state index contributed by atoms with van der Waals surface area (Å²) in [6.45, 7) is 5.23. The molecule has 0 aliphatic rings. The van der Waals surface area contributed by atoms with E-state index in [2.05, 4.69) is 31.9 Å². The number of amides is 3. The van der Waals surface area contributed by atoms with Gasteiger partial charge >= 0.3 is 0 Å². The molecule has 0 atom stereocenters. The maximum atomic E-state index is 12.0. The van der Waals surface area contributed by atoms with Crippen LogP contribution in [0.5, 0.6) is 0 Å². The third-order valence-electron chi connectivity index (χ3n) is 3.29. The second-order valence-electron chi connectivity index (χ2n) is 6.62. The lowest BCUT2D eigenvalue weighted by Crippen LogP contribution is -2.32. The van der Waals surface area contributed by atoms with E-state index in [0.29, 0.717) is 16.0 Å². The Morgan fingerprint density at radius 2 is 1.69 bits per heavy atom. The zero-order valence-corrected chi connectivity index (χ0v) is 16.3. The van der Waals surface area contributed by atoms with Crippen LogP contribution in [0.15, 0.2) is 45.5 Å². The van der Waals surface area contributed by atoms with Gasteiger partial charge < -0.3 is 20.4 Å². The highest BCUT2D eigenvalue weighted by Gasteiger charge is 2.21. The molecule has 1 aromatic heterocycles. The Bertz CT molecular complexity index is 824. The summed E-state index contributed by atoms with van der Waals surface area (Å²) >= 11 is 3.10. The summed E-state index contributed by atoms with van der Waals surface area (Å²) in [7, 11) is 0. The predicted molar refractivity (Wildman–Crippen MR) is 102 cm³/mol. The average molecular weight is 422 g/mol. The van der Waals surface area contributed by atoms with Crippen molar-refractivity contribution in [2.75, 3.05) is 17.2 Å². The minimum atomic E-state index is -0.523. The largest absolute Gasteiger partial charge is 0.444 e. The average Bonchev–Trinajstić information content (AvgIpc) is 2.98. The Kier molecular flexibility index (Phi) is 6.20. The number of carbonyl (C=O) groups excluding carboxylic acids is 3. The molecule has 0 aliphatic carbocycles. The topological polar surface area (TPSA) is 100 Å². The maximum absolute atomic E-state index is 12.0. The Morgan fingerprint density at radius 3 is 2.27 bits per heavy atom. The molecule has 138 valence electrons. The summed E-state index contributed by atoms with van der Waals surface area (Å²) < 4.78 is 5.54. The fourth-order valence-corrected chi connectivity index (χ4v) is 2.19. The highest BCUT2D eigenvalue weighted by atomic mass is 79.9. The van der Waals surface area contributed by atoms with E-state index in [4.69, 9.17) is 4.42 Å². The summed E-state index contributed by atoms with van der Waals surface area (Å²) in [4.78, 5) is 35.8. The fourth-order valence-electron chi connectivity index (χ4n) is 1.88. The van der Waals surface area contributed by atoms with Crippen molar-refractivity contribution in [3.63, 3.8) is 0 Å². The number of benzene rings is 1. The second-order valence-corrected chi connectivity index (χ2v) is 7.40. The van der Waals surface area contributed by atoms with Crippen LogP contribution < -0.4 is 16.0 Å². The van der Waals surface area contributed by atoms with Crippen LogP contribution in [0.1, 0.15) is 31.3 Å². The first-order valence-corrected chi connectivity index (χ1v) is 8.69. The van der Waals surface area contributed by atoms with Gasteiger partial charge in [-0.05, 0) is 46.3 Å². The Morgan fingerprint density at radius 1 is 1.04 bits per heavy atom. The number of carbonyl (C=O) groups is 3. The van der Waals surface area contributed by atoms with E-state index in [9.17, 15) is 14.4 Å². The normalized spacial score (nSPS) is 10.9. The van der Waals surface area contributed by atoms with Crippen molar-refractivity contribution in [3.05, 3.63) is 46.8 Å². The lowest BCUT2D eigenvalue weighted by molar-refractivity contribution is -0.123. The number of anilines is 2. The van der Waals surface area contributed by atoms with Crippen molar-refractivity contribution in [3.8, 4) is 0 Å². The Hall–Kier alpha value is -2.61. The molecule has 0 aliphatic heterocycles. The SMILES string of the molecule is CC(C)(C)C(=O)Nc1cccc(NC(=O)CNC(=O)c2ccc(Br)o2)c1. The van der Waals surface area contributed by atoms with E-state index in [0.717, 1.165) is 0 Å². The highest BCUT2D eigenvalue weighted by Crippen LogP contribution is 2.20. The number of nitrogens with one attached hydrogen (secondary N) is 3. The van der Waals surface area contributed by atoms with Gasteiger partial charge in [0.1, 0.15) is 0 Å². The lowest BCUT2D eigenvalue weighted by Gasteiger charge is -2.18. The van der Waals surface area contributed by atoms with Crippen LogP contribution in [0.2, 0.25) is 0 Å². The van der Waals surface area contributed by atoms with Gasteiger partial charge in [0, 0.05) is 16.8 Å². The van der Waals surface area contributed by atoms with Gasteiger partial charge in [0.15, 0.2) is 10.4 Å². The van der Waals surface area contributed by atoms with Crippen molar-refractivity contribution < 1.29 is 18.8 Å². The summed E-state index contributed by atoms with van der Waals surface area (Å²) in [6, 6.07) is 9.87. The molecule has 26 heavy (non-hydrogen) atoms. The van der Waals surface area contributed by atoms with Gasteiger partial charge in [-0.3, -0.25) is 14.4 Å². The van der Waals surface area contributed by atoms with Crippen LogP contribution in [0.25, 0.3) is 0 Å². The van der Waals surface area contributed by atoms with Gasteiger partial charge in [-0.25, -0.2) is 0 Å². The molecule has 0 spiro atoms. The molecular weight excluding hydrogens is 402 g/mol. The Balaban J connectivity index is 1.89. The van der Waals surface area contributed by atoms with Crippen LogP contribution in [0.3, 0.4) is 0 Å². The molecule has 0 fully saturated rings. The number of furan rings is 1. The smallest absolute Gasteiger partial charge is 0.287 e. The summed E-state index contributed by atoms with van der Waals surface area (Å²) in [5, 5.41) is 7.92. The second kappa shape index (κ2) is 8.18. The molecule has 7 nitrogen and oxygen atoms in total. The number of hydrogen-bond acceptors (Lipinski definition) is 4. The molecule has 2 aromatic rings. The zero-order valence-electron chi connectivity index (χ0n) is 14.7. The summed E-state index contributed by atoms with van der Waals surface area (Å²) in [5.41, 5.74) is 0.564. The molecule has 0 saturated carbocycles. The molecule has 8 heteroatoms.